The second-order valence-electron chi connectivity index (χ2n) is 10.7. The van der Waals surface area contributed by atoms with Crippen molar-refractivity contribution < 1.29 is 0 Å². The number of hydrogen-bond donors (Lipinski definition) is 2. The molecule has 0 aromatic heterocycles. The Morgan fingerprint density at radius 2 is 1.23 bits per heavy atom. The summed E-state index contributed by atoms with van der Waals surface area (Å²) in [4.78, 5) is 0. The minimum Gasteiger partial charge on any atom is -0.309 e. The van der Waals surface area contributed by atoms with Gasteiger partial charge in [-0.05, 0) is 108 Å². The third-order valence-electron chi connectivity index (χ3n) is 8.04. The van der Waals surface area contributed by atoms with Crippen molar-refractivity contribution in [1.29, 1.82) is 10.8 Å². The van der Waals surface area contributed by atoms with E-state index in [1.807, 2.05) is 6.08 Å². The van der Waals surface area contributed by atoms with Crippen LogP contribution in [0.25, 0.3) is 60.1 Å². The Kier molecular flexibility index (Phi) is 7.51. The number of fused-ring (bicyclic) bond motifs is 3. The van der Waals surface area contributed by atoms with Gasteiger partial charge in [0.25, 0.3) is 0 Å². The molecule has 2 heteroatoms. The van der Waals surface area contributed by atoms with Crippen LogP contribution in [0.15, 0.2) is 152 Å². The molecule has 6 aromatic rings. The Hall–Kier alpha value is -5.60. The average molecular weight is 553 g/mol. The molecule has 6 rings (SSSR count). The normalized spacial score (nSPS) is 12.0. The van der Waals surface area contributed by atoms with Gasteiger partial charge in [0.2, 0.25) is 0 Å². The van der Waals surface area contributed by atoms with Gasteiger partial charge in [-0.2, -0.15) is 0 Å². The van der Waals surface area contributed by atoms with Crippen molar-refractivity contribution >= 4 is 50.3 Å². The zero-order chi connectivity index (χ0) is 29.9. The fraction of sp³-hybridized carbons (Fsp3) is 0.0244. The Morgan fingerprint density at radius 1 is 0.651 bits per heavy atom. The summed E-state index contributed by atoms with van der Waals surface area (Å²) < 4.78 is 0. The smallest absolute Gasteiger partial charge is 0.0256 e. The predicted molar refractivity (Wildman–Crippen MR) is 188 cm³/mol. The molecule has 0 fully saturated rings. The molecule has 2 N–H and O–H groups in total. The lowest BCUT2D eigenvalue weighted by molar-refractivity contribution is 1.47. The summed E-state index contributed by atoms with van der Waals surface area (Å²) >= 11 is 0. The summed E-state index contributed by atoms with van der Waals surface area (Å²) in [6.45, 7) is 10.1. The summed E-state index contributed by atoms with van der Waals surface area (Å²) in [6.07, 6.45) is 7.76. The van der Waals surface area contributed by atoms with Gasteiger partial charge in [-0.1, -0.05) is 122 Å². The van der Waals surface area contributed by atoms with Crippen LogP contribution in [0.5, 0.6) is 0 Å². The van der Waals surface area contributed by atoms with Crippen LogP contribution in [0, 0.1) is 17.7 Å². The fourth-order valence-electron chi connectivity index (χ4n) is 6.01. The molecular weight excluding hydrogens is 520 g/mol. The van der Waals surface area contributed by atoms with Gasteiger partial charge in [-0.15, -0.1) is 0 Å². The first-order valence-corrected chi connectivity index (χ1v) is 14.3. The minimum absolute atomic E-state index is 0.709. The SMILES string of the molecule is C=C/C(=C\C=N)C(=C)/C=C(\C=N)c1ccc2cc(-c3c4ccccc4c(-c4cccc(C)c4)c4ccccc34)ccc2c1. The van der Waals surface area contributed by atoms with Crippen molar-refractivity contribution in [2.75, 3.05) is 0 Å². The third-order valence-corrected chi connectivity index (χ3v) is 8.04. The zero-order valence-electron chi connectivity index (χ0n) is 24.2. The topological polar surface area (TPSA) is 47.7 Å². The molecule has 43 heavy (non-hydrogen) atoms. The van der Waals surface area contributed by atoms with Crippen LogP contribution in [0.1, 0.15) is 11.1 Å². The summed E-state index contributed by atoms with van der Waals surface area (Å²) in [5.74, 6) is 0. The van der Waals surface area contributed by atoms with E-state index >= 15 is 0 Å². The lowest BCUT2D eigenvalue weighted by Gasteiger charge is -2.18. The monoisotopic (exact) mass is 552 g/mol. The zero-order valence-corrected chi connectivity index (χ0v) is 24.2. The maximum absolute atomic E-state index is 8.07. The first kappa shape index (κ1) is 27.6. The quantitative estimate of drug-likeness (QED) is 0.107. The molecule has 2 nitrogen and oxygen atoms in total. The predicted octanol–water partition coefficient (Wildman–Crippen LogP) is 11.1. The van der Waals surface area contributed by atoms with Crippen molar-refractivity contribution in [3.63, 3.8) is 0 Å². The van der Waals surface area contributed by atoms with Gasteiger partial charge in [0.1, 0.15) is 0 Å². The second-order valence-corrected chi connectivity index (χ2v) is 10.7. The maximum atomic E-state index is 8.07. The Balaban J connectivity index is 1.52. The highest BCUT2D eigenvalue weighted by Gasteiger charge is 2.17. The fourth-order valence-corrected chi connectivity index (χ4v) is 6.01. The van der Waals surface area contributed by atoms with Gasteiger partial charge in [0, 0.05) is 12.4 Å². The van der Waals surface area contributed by atoms with Crippen LogP contribution in [-0.4, -0.2) is 12.4 Å². The standard InChI is InChI=1S/C41H32N2/c1-4-29(20-21-42)28(3)23-35(26-43)32-17-16-31-25-34(19-18-30(31)24-32)41-38-14-7-5-12-36(38)40(33-11-9-10-27(2)22-33)37-13-6-8-15-39(37)41/h4-26,42-43H,1,3H2,2H3/b29-20+,35-23+,42-21?,43-26?. The van der Waals surface area contributed by atoms with Gasteiger partial charge in [-0.25, -0.2) is 0 Å². The molecule has 0 radical (unpaired) electrons. The molecule has 0 aliphatic carbocycles. The first-order chi connectivity index (χ1) is 21.0. The van der Waals surface area contributed by atoms with Crippen LogP contribution >= 0.6 is 0 Å². The van der Waals surface area contributed by atoms with Crippen LogP contribution in [0.3, 0.4) is 0 Å². The third kappa shape index (κ3) is 5.16. The molecule has 0 saturated heterocycles. The van der Waals surface area contributed by atoms with Crippen molar-refractivity contribution in [2.45, 2.75) is 6.92 Å². The number of aryl methyl sites for hydroxylation is 1. The van der Waals surface area contributed by atoms with E-state index in [0.717, 1.165) is 27.5 Å². The van der Waals surface area contributed by atoms with E-state index in [4.69, 9.17) is 10.8 Å². The molecular formula is C41H32N2. The van der Waals surface area contributed by atoms with Crippen molar-refractivity contribution in [3.8, 4) is 22.3 Å². The number of nitrogens with one attached hydrogen (secondary N) is 2. The molecule has 0 aliphatic rings. The van der Waals surface area contributed by atoms with E-state index in [1.165, 1.54) is 61.8 Å². The Bertz CT molecular complexity index is 2100. The van der Waals surface area contributed by atoms with Crippen molar-refractivity contribution in [3.05, 3.63) is 163 Å². The van der Waals surface area contributed by atoms with E-state index in [1.54, 1.807) is 12.2 Å². The van der Waals surface area contributed by atoms with E-state index in [0.29, 0.717) is 5.57 Å². The number of benzene rings is 6. The van der Waals surface area contributed by atoms with Crippen LogP contribution in [0.4, 0.5) is 0 Å². The van der Waals surface area contributed by atoms with E-state index in [2.05, 4.69) is 129 Å². The van der Waals surface area contributed by atoms with E-state index < -0.39 is 0 Å². The largest absolute Gasteiger partial charge is 0.309 e. The molecule has 6 aromatic carbocycles. The molecule has 0 bridgehead atoms. The van der Waals surface area contributed by atoms with Crippen LogP contribution < -0.4 is 0 Å². The molecule has 0 saturated carbocycles. The Morgan fingerprint density at radius 3 is 1.79 bits per heavy atom. The van der Waals surface area contributed by atoms with Crippen LogP contribution in [-0.2, 0) is 0 Å². The molecule has 0 unspecified atom stereocenters. The lowest BCUT2D eigenvalue weighted by atomic mass is 9.85. The lowest BCUT2D eigenvalue weighted by Crippen LogP contribution is -1.92. The number of rotatable bonds is 8. The summed E-state index contributed by atoms with van der Waals surface area (Å²) in [5, 5.41) is 22.6. The highest BCUT2D eigenvalue weighted by molar-refractivity contribution is 6.21. The van der Waals surface area contributed by atoms with Gasteiger partial charge in [0.15, 0.2) is 0 Å². The highest BCUT2D eigenvalue weighted by atomic mass is 14.3. The van der Waals surface area contributed by atoms with Gasteiger partial charge in [0.05, 0.1) is 0 Å². The maximum Gasteiger partial charge on any atom is 0.0256 e. The molecule has 0 aliphatic heterocycles. The van der Waals surface area contributed by atoms with Crippen molar-refractivity contribution in [2.24, 2.45) is 0 Å². The molecule has 206 valence electrons. The molecule has 0 spiro atoms. The van der Waals surface area contributed by atoms with Gasteiger partial charge in [-0.3, -0.25) is 0 Å². The van der Waals surface area contributed by atoms with Crippen LogP contribution in [0.2, 0.25) is 0 Å². The molecule has 0 heterocycles. The average Bonchev–Trinajstić information content (AvgIpc) is 3.04. The molecule has 0 atom stereocenters. The number of allylic oxidation sites excluding steroid dienone is 6. The van der Waals surface area contributed by atoms with E-state index in [9.17, 15) is 0 Å². The summed E-state index contributed by atoms with van der Waals surface area (Å²) in [7, 11) is 0. The summed E-state index contributed by atoms with van der Waals surface area (Å²) in [5.41, 5.74) is 9.31. The minimum atomic E-state index is 0.709. The Labute approximate surface area is 252 Å². The van der Waals surface area contributed by atoms with E-state index in [-0.39, 0.29) is 0 Å². The summed E-state index contributed by atoms with van der Waals surface area (Å²) in [6, 6.07) is 39.2. The van der Waals surface area contributed by atoms with Crippen molar-refractivity contribution in [1.82, 2.24) is 0 Å². The molecule has 0 amide bonds. The van der Waals surface area contributed by atoms with Gasteiger partial charge < -0.3 is 10.8 Å². The second kappa shape index (κ2) is 11.7. The van der Waals surface area contributed by atoms with Gasteiger partial charge >= 0.3 is 0 Å². The number of hydrogen-bond acceptors (Lipinski definition) is 2. The first-order valence-electron chi connectivity index (χ1n) is 14.3. The highest BCUT2D eigenvalue weighted by Crippen LogP contribution is 2.44.